The normalized spacial score (nSPS) is 25.2. The zero-order valence-corrected chi connectivity index (χ0v) is 12.8. The Morgan fingerprint density at radius 2 is 1.90 bits per heavy atom. The Bertz CT molecular complexity index is 553. The Morgan fingerprint density at radius 1 is 1.29 bits per heavy atom. The van der Waals surface area contributed by atoms with Gasteiger partial charge in [-0.05, 0) is 25.0 Å². The van der Waals surface area contributed by atoms with Gasteiger partial charge >= 0.3 is 5.97 Å². The number of aromatic carboxylic acids is 1. The lowest BCUT2D eigenvalue weighted by Crippen LogP contribution is -2.43. The van der Waals surface area contributed by atoms with Crippen molar-refractivity contribution in [3.05, 3.63) is 23.4 Å². The lowest BCUT2D eigenvalue weighted by atomic mass is 9.90. The quantitative estimate of drug-likeness (QED) is 0.906. The van der Waals surface area contributed by atoms with Crippen LogP contribution in [0.5, 0.6) is 0 Å². The number of pyridine rings is 1. The molecule has 0 radical (unpaired) electrons. The molecule has 0 spiro atoms. The van der Waals surface area contributed by atoms with Crippen LogP contribution >= 0.6 is 0 Å². The molecule has 3 rings (SSSR count). The van der Waals surface area contributed by atoms with Gasteiger partial charge in [-0.15, -0.1) is 0 Å². The molecule has 2 fully saturated rings. The first kappa shape index (κ1) is 14.3. The van der Waals surface area contributed by atoms with Crippen molar-refractivity contribution in [3.8, 4) is 0 Å². The largest absolute Gasteiger partial charge is 0.478 e. The summed E-state index contributed by atoms with van der Waals surface area (Å²) in [6.07, 6.45) is 2.70. The number of carbonyl (C=O) groups is 1. The van der Waals surface area contributed by atoms with Gasteiger partial charge in [0, 0.05) is 24.2 Å². The molecule has 0 saturated carbocycles. The highest BCUT2D eigenvalue weighted by atomic mass is 16.5. The number of fused-ring (bicyclic) bond motifs is 2. The summed E-state index contributed by atoms with van der Waals surface area (Å²) in [5.41, 5.74) is 0.950. The van der Waals surface area contributed by atoms with E-state index in [2.05, 4.69) is 4.90 Å². The standard InChI is InChI=1S/C16H22N2O3/c1-16(2,3)13-6-10(15(19)20)7-14(17-13)18-8-11-4-5-12(9-18)21-11/h6-7,11-12H,4-5,8-9H2,1-3H3,(H,19,20). The number of nitrogens with zero attached hydrogens (tertiary/aromatic N) is 2. The summed E-state index contributed by atoms with van der Waals surface area (Å²) in [6, 6.07) is 3.36. The van der Waals surface area contributed by atoms with Crippen LogP contribution in [0.2, 0.25) is 0 Å². The van der Waals surface area contributed by atoms with E-state index in [9.17, 15) is 9.90 Å². The molecule has 5 nitrogen and oxygen atoms in total. The van der Waals surface area contributed by atoms with Crippen LogP contribution in [0.4, 0.5) is 5.82 Å². The number of carboxylic acids is 1. The highest BCUT2D eigenvalue weighted by molar-refractivity contribution is 5.88. The van der Waals surface area contributed by atoms with Crippen molar-refractivity contribution in [1.82, 2.24) is 4.98 Å². The second kappa shape index (κ2) is 4.98. The number of hydrogen-bond acceptors (Lipinski definition) is 4. The zero-order chi connectivity index (χ0) is 15.2. The van der Waals surface area contributed by atoms with Crippen LogP contribution in [0.25, 0.3) is 0 Å². The van der Waals surface area contributed by atoms with E-state index in [1.165, 1.54) is 0 Å². The fraction of sp³-hybridized carbons (Fsp3) is 0.625. The molecule has 21 heavy (non-hydrogen) atoms. The number of carboxylic acid groups (broad SMARTS) is 1. The molecule has 2 aliphatic heterocycles. The minimum atomic E-state index is -0.902. The fourth-order valence-electron chi connectivity index (χ4n) is 2.99. The Balaban J connectivity index is 1.97. The summed E-state index contributed by atoms with van der Waals surface area (Å²) in [4.78, 5) is 18.3. The number of ether oxygens (including phenoxy) is 1. The highest BCUT2D eigenvalue weighted by Gasteiger charge is 2.34. The van der Waals surface area contributed by atoms with E-state index in [1.807, 2.05) is 20.8 Å². The molecule has 2 aliphatic rings. The molecular formula is C16H22N2O3. The van der Waals surface area contributed by atoms with Gasteiger partial charge in [-0.25, -0.2) is 9.78 Å². The van der Waals surface area contributed by atoms with Crippen LogP contribution in [0.15, 0.2) is 12.1 Å². The summed E-state index contributed by atoms with van der Waals surface area (Å²) in [5.74, 6) is -0.139. The molecule has 0 amide bonds. The van der Waals surface area contributed by atoms with Crippen LogP contribution in [-0.2, 0) is 10.2 Å². The van der Waals surface area contributed by atoms with Crippen molar-refractivity contribution in [2.24, 2.45) is 0 Å². The van der Waals surface area contributed by atoms with Gasteiger partial charge in [-0.1, -0.05) is 20.8 Å². The minimum Gasteiger partial charge on any atom is -0.478 e. The highest BCUT2D eigenvalue weighted by Crippen LogP contribution is 2.31. The minimum absolute atomic E-state index is 0.175. The molecule has 2 unspecified atom stereocenters. The van der Waals surface area contributed by atoms with Gasteiger partial charge in [-0.2, -0.15) is 0 Å². The third-order valence-corrected chi connectivity index (χ3v) is 4.19. The molecule has 2 saturated heterocycles. The second-order valence-electron chi connectivity index (χ2n) is 7.02. The molecule has 1 N–H and O–H groups in total. The van der Waals surface area contributed by atoms with Gasteiger partial charge in [-0.3, -0.25) is 0 Å². The Kier molecular flexibility index (Phi) is 3.40. The van der Waals surface area contributed by atoms with Crippen molar-refractivity contribution in [3.63, 3.8) is 0 Å². The van der Waals surface area contributed by atoms with Crippen LogP contribution in [-0.4, -0.2) is 41.4 Å². The van der Waals surface area contributed by atoms with E-state index >= 15 is 0 Å². The van der Waals surface area contributed by atoms with E-state index in [4.69, 9.17) is 9.72 Å². The molecule has 2 atom stereocenters. The van der Waals surface area contributed by atoms with Crippen molar-refractivity contribution in [2.75, 3.05) is 18.0 Å². The molecule has 0 aromatic carbocycles. The second-order valence-corrected chi connectivity index (χ2v) is 7.02. The maximum atomic E-state index is 11.4. The number of anilines is 1. The lowest BCUT2D eigenvalue weighted by Gasteiger charge is -2.34. The predicted molar refractivity (Wildman–Crippen MR) is 80.0 cm³/mol. The average Bonchev–Trinajstić information content (AvgIpc) is 2.76. The molecule has 5 heteroatoms. The van der Waals surface area contributed by atoms with E-state index in [-0.39, 0.29) is 17.6 Å². The van der Waals surface area contributed by atoms with Gasteiger partial charge < -0.3 is 14.7 Å². The first-order chi connectivity index (χ1) is 9.83. The average molecular weight is 290 g/mol. The van der Waals surface area contributed by atoms with Gasteiger partial charge in [0.05, 0.1) is 17.8 Å². The third kappa shape index (κ3) is 2.88. The van der Waals surface area contributed by atoms with Gasteiger partial charge in [0.2, 0.25) is 0 Å². The molecular weight excluding hydrogens is 268 g/mol. The van der Waals surface area contributed by atoms with Crippen LogP contribution in [0, 0.1) is 0 Å². The summed E-state index contributed by atoms with van der Waals surface area (Å²) in [6.45, 7) is 7.75. The zero-order valence-electron chi connectivity index (χ0n) is 12.8. The molecule has 3 heterocycles. The number of rotatable bonds is 2. The summed E-state index contributed by atoms with van der Waals surface area (Å²) >= 11 is 0. The number of aromatic nitrogens is 1. The van der Waals surface area contributed by atoms with Crippen LogP contribution in [0.1, 0.15) is 49.7 Å². The Labute approximate surface area is 124 Å². The van der Waals surface area contributed by atoms with Crippen LogP contribution in [0.3, 0.4) is 0 Å². The van der Waals surface area contributed by atoms with Crippen molar-refractivity contribution in [2.45, 2.75) is 51.2 Å². The summed E-state index contributed by atoms with van der Waals surface area (Å²) in [7, 11) is 0. The summed E-state index contributed by atoms with van der Waals surface area (Å²) < 4.78 is 5.84. The van der Waals surface area contributed by atoms with Crippen LogP contribution < -0.4 is 4.90 Å². The van der Waals surface area contributed by atoms with Crippen molar-refractivity contribution < 1.29 is 14.6 Å². The van der Waals surface area contributed by atoms with E-state index in [0.717, 1.165) is 37.4 Å². The molecule has 0 aliphatic carbocycles. The van der Waals surface area contributed by atoms with Crippen molar-refractivity contribution in [1.29, 1.82) is 0 Å². The summed E-state index contributed by atoms with van der Waals surface area (Å²) in [5, 5.41) is 9.34. The molecule has 2 bridgehead atoms. The first-order valence-corrected chi connectivity index (χ1v) is 7.49. The predicted octanol–water partition coefficient (Wildman–Crippen LogP) is 2.44. The smallest absolute Gasteiger partial charge is 0.335 e. The van der Waals surface area contributed by atoms with Gasteiger partial charge in [0.1, 0.15) is 5.82 Å². The van der Waals surface area contributed by atoms with E-state index in [1.54, 1.807) is 12.1 Å². The molecule has 1 aromatic heterocycles. The maximum Gasteiger partial charge on any atom is 0.335 e. The van der Waals surface area contributed by atoms with Gasteiger partial charge in [0.25, 0.3) is 0 Å². The van der Waals surface area contributed by atoms with Gasteiger partial charge in [0.15, 0.2) is 0 Å². The molecule has 114 valence electrons. The third-order valence-electron chi connectivity index (χ3n) is 4.19. The Hall–Kier alpha value is -1.62. The molecule has 1 aromatic rings. The maximum absolute atomic E-state index is 11.4. The van der Waals surface area contributed by atoms with E-state index in [0.29, 0.717) is 5.56 Å². The fourth-order valence-corrected chi connectivity index (χ4v) is 2.99. The number of morpholine rings is 1. The lowest BCUT2D eigenvalue weighted by molar-refractivity contribution is 0.0302. The monoisotopic (exact) mass is 290 g/mol. The SMILES string of the molecule is CC(C)(C)c1cc(C(=O)O)cc(N2CC3CCC(C2)O3)n1. The first-order valence-electron chi connectivity index (χ1n) is 7.49. The Morgan fingerprint density at radius 3 is 2.43 bits per heavy atom. The van der Waals surface area contributed by atoms with Crippen molar-refractivity contribution >= 4 is 11.8 Å². The van der Waals surface area contributed by atoms with E-state index < -0.39 is 5.97 Å². The topological polar surface area (TPSA) is 62.7 Å². The number of hydrogen-bond donors (Lipinski definition) is 1.